The lowest BCUT2D eigenvalue weighted by molar-refractivity contribution is 0.432. The molecule has 0 aliphatic heterocycles. The normalized spacial score (nSPS) is 10.1. The molecule has 0 bridgehead atoms. The van der Waals surface area contributed by atoms with E-state index in [0.717, 1.165) is 0 Å². The van der Waals surface area contributed by atoms with Crippen LogP contribution < -0.4 is 10.6 Å². The molecule has 0 heterocycles. The van der Waals surface area contributed by atoms with Crippen molar-refractivity contribution < 1.29 is 9.50 Å². The number of benzene rings is 1. The Bertz CT molecular complexity index is 368. The predicted molar refractivity (Wildman–Crippen MR) is 62.6 cm³/mol. The smallest absolute Gasteiger partial charge is 0.170 e. The van der Waals surface area contributed by atoms with Gasteiger partial charge in [-0.05, 0) is 38.2 Å². The van der Waals surface area contributed by atoms with E-state index in [0.29, 0.717) is 10.8 Å². The summed E-state index contributed by atoms with van der Waals surface area (Å²) in [6.07, 6.45) is 0. The molecule has 15 heavy (non-hydrogen) atoms. The molecule has 5 heteroatoms. The molecule has 3 nitrogen and oxygen atoms in total. The lowest BCUT2D eigenvalue weighted by Crippen LogP contribution is -2.33. The minimum absolute atomic E-state index is 0.215. The van der Waals surface area contributed by atoms with Gasteiger partial charge in [-0.15, -0.1) is 0 Å². The van der Waals surface area contributed by atoms with Gasteiger partial charge in [0.1, 0.15) is 0 Å². The minimum Gasteiger partial charge on any atom is -0.505 e. The van der Waals surface area contributed by atoms with Crippen LogP contribution in [0.25, 0.3) is 0 Å². The van der Waals surface area contributed by atoms with Gasteiger partial charge in [0.25, 0.3) is 0 Å². The van der Waals surface area contributed by atoms with Crippen LogP contribution in [0.5, 0.6) is 5.75 Å². The van der Waals surface area contributed by atoms with Crippen LogP contribution in [-0.2, 0) is 0 Å². The predicted octanol–water partition coefficient (Wildman–Crippen LogP) is 2.23. The summed E-state index contributed by atoms with van der Waals surface area (Å²) in [5, 5.41) is 15.2. The highest BCUT2D eigenvalue weighted by molar-refractivity contribution is 7.80. The van der Waals surface area contributed by atoms with Gasteiger partial charge in [-0.2, -0.15) is 0 Å². The van der Waals surface area contributed by atoms with Crippen molar-refractivity contribution in [3.8, 4) is 5.75 Å². The quantitative estimate of drug-likeness (QED) is 0.536. The monoisotopic (exact) mass is 228 g/mol. The van der Waals surface area contributed by atoms with E-state index in [1.807, 2.05) is 13.8 Å². The van der Waals surface area contributed by atoms with Crippen LogP contribution in [0.1, 0.15) is 13.8 Å². The van der Waals surface area contributed by atoms with Crippen LogP contribution in [0.4, 0.5) is 10.1 Å². The highest BCUT2D eigenvalue weighted by Crippen LogP contribution is 2.19. The molecule has 0 spiro atoms. The number of rotatable bonds is 2. The molecule has 0 saturated carbocycles. The average Bonchev–Trinajstić information content (AvgIpc) is 2.10. The van der Waals surface area contributed by atoms with Crippen molar-refractivity contribution in [2.24, 2.45) is 0 Å². The number of anilines is 1. The first-order valence-corrected chi connectivity index (χ1v) is 4.96. The maximum atomic E-state index is 12.9. The largest absolute Gasteiger partial charge is 0.505 e. The van der Waals surface area contributed by atoms with E-state index in [9.17, 15) is 4.39 Å². The third-order valence-corrected chi connectivity index (χ3v) is 1.85. The van der Waals surface area contributed by atoms with Gasteiger partial charge < -0.3 is 15.7 Å². The van der Waals surface area contributed by atoms with Crippen LogP contribution in [-0.4, -0.2) is 16.3 Å². The maximum absolute atomic E-state index is 12.9. The summed E-state index contributed by atoms with van der Waals surface area (Å²) >= 11 is 4.98. The Hall–Kier alpha value is -1.36. The molecule has 1 aromatic carbocycles. The van der Waals surface area contributed by atoms with Crippen LogP contribution in [0, 0.1) is 5.82 Å². The highest BCUT2D eigenvalue weighted by Gasteiger charge is 2.03. The number of phenols is 1. The standard InChI is InChI=1S/C10H13FN2OS/c1-6(2)12-10(15)13-7-3-4-9(14)8(11)5-7/h3-6,14H,1-2H3,(H2,12,13,15). The molecule has 3 N–H and O–H groups in total. The molecule has 0 saturated heterocycles. The molecule has 1 rings (SSSR count). The zero-order valence-corrected chi connectivity index (χ0v) is 9.36. The van der Waals surface area contributed by atoms with Crippen molar-refractivity contribution in [1.29, 1.82) is 0 Å². The van der Waals surface area contributed by atoms with E-state index in [4.69, 9.17) is 17.3 Å². The molecule has 0 aliphatic carbocycles. The second kappa shape index (κ2) is 4.93. The number of hydrogen-bond acceptors (Lipinski definition) is 2. The lowest BCUT2D eigenvalue weighted by atomic mass is 10.3. The number of aromatic hydroxyl groups is 1. The van der Waals surface area contributed by atoms with E-state index < -0.39 is 5.82 Å². The number of nitrogens with one attached hydrogen (secondary N) is 2. The average molecular weight is 228 g/mol. The first-order chi connectivity index (χ1) is 6.99. The van der Waals surface area contributed by atoms with Crippen molar-refractivity contribution in [1.82, 2.24) is 5.32 Å². The summed E-state index contributed by atoms with van der Waals surface area (Å²) in [5.41, 5.74) is 0.503. The van der Waals surface area contributed by atoms with Gasteiger partial charge >= 0.3 is 0 Å². The van der Waals surface area contributed by atoms with E-state index in [1.54, 1.807) is 6.07 Å². The molecular formula is C10H13FN2OS. The zero-order chi connectivity index (χ0) is 11.4. The zero-order valence-electron chi connectivity index (χ0n) is 8.54. The number of hydrogen-bond donors (Lipinski definition) is 3. The van der Waals surface area contributed by atoms with Crippen LogP contribution in [0.2, 0.25) is 0 Å². The van der Waals surface area contributed by atoms with Crippen LogP contribution in [0.3, 0.4) is 0 Å². The van der Waals surface area contributed by atoms with E-state index in [2.05, 4.69) is 10.6 Å². The Labute approximate surface area is 93.3 Å². The summed E-state index contributed by atoms with van der Waals surface area (Å²) in [6, 6.07) is 4.22. The Balaban J connectivity index is 2.65. The lowest BCUT2D eigenvalue weighted by Gasteiger charge is -2.13. The fourth-order valence-corrected chi connectivity index (χ4v) is 1.37. The number of halogens is 1. The summed E-state index contributed by atoms with van der Waals surface area (Å²) in [5.74, 6) is -1.05. The number of phenolic OH excluding ortho intramolecular Hbond substituents is 1. The minimum atomic E-state index is -0.674. The molecule has 1 aromatic rings. The molecule has 0 fully saturated rings. The van der Waals surface area contributed by atoms with Gasteiger partial charge in [-0.1, -0.05) is 0 Å². The summed E-state index contributed by atoms with van der Waals surface area (Å²) in [6.45, 7) is 3.90. The molecule has 0 atom stereocenters. The van der Waals surface area contributed by atoms with E-state index in [-0.39, 0.29) is 11.8 Å². The summed E-state index contributed by atoms with van der Waals surface area (Å²) in [4.78, 5) is 0. The fraction of sp³-hybridized carbons (Fsp3) is 0.300. The van der Waals surface area contributed by atoms with Crippen molar-refractivity contribution in [3.05, 3.63) is 24.0 Å². The molecule has 0 aromatic heterocycles. The third-order valence-electron chi connectivity index (χ3n) is 1.63. The van der Waals surface area contributed by atoms with Crippen molar-refractivity contribution in [3.63, 3.8) is 0 Å². The van der Waals surface area contributed by atoms with Gasteiger partial charge in [0.2, 0.25) is 0 Å². The Morgan fingerprint density at radius 2 is 2.13 bits per heavy atom. The molecule has 82 valence electrons. The first kappa shape index (κ1) is 11.7. The maximum Gasteiger partial charge on any atom is 0.170 e. The van der Waals surface area contributed by atoms with Gasteiger partial charge in [-0.3, -0.25) is 0 Å². The molecule has 0 unspecified atom stereocenters. The van der Waals surface area contributed by atoms with Crippen LogP contribution in [0.15, 0.2) is 18.2 Å². The number of thiocarbonyl (C=S) groups is 1. The third kappa shape index (κ3) is 3.71. The molecular weight excluding hydrogens is 215 g/mol. The fourth-order valence-electron chi connectivity index (χ4n) is 1.01. The SMILES string of the molecule is CC(C)NC(=S)Nc1ccc(O)c(F)c1. The Morgan fingerprint density at radius 1 is 1.47 bits per heavy atom. The van der Waals surface area contributed by atoms with Crippen molar-refractivity contribution >= 4 is 23.0 Å². The first-order valence-electron chi connectivity index (χ1n) is 4.55. The van der Waals surface area contributed by atoms with Gasteiger partial charge in [0.05, 0.1) is 0 Å². The Morgan fingerprint density at radius 3 is 2.67 bits per heavy atom. The second-order valence-corrected chi connectivity index (χ2v) is 3.83. The van der Waals surface area contributed by atoms with Crippen molar-refractivity contribution in [2.45, 2.75) is 19.9 Å². The Kier molecular flexibility index (Phi) is 3.85. The second-order valence-electron chi connectivity index (χ2n) is 3.42. The summed E-state index contributed by atoms with van der Waals surface area (Å²) in [7, 11) is 0. The summed E-state index contributed by atoms with van der Waals surface area (Å²) < 4.78 is 12.9. The van der Waals surface area contributed by atoms with Gasteiger partial charge in [-0.25, -0.2) is 4.39 Å². The molecule has 0 amide bonds. The van der Waals surface area contributed by atoms with E-state index in [1.165, 1.54) is 12.1 Å². The highest BCUT2D eigenvalue weighted by atomic mass is 32.1. The van der Waals surface area contributed by atoms with Crippen LogP contribution >= 0.6 is 12.2 Å². The van der Waals surface area contributed by atoms with Gasteiger partial charge in [0, 0.05) is 17.8 Å². The van der Waals surface area contributed by atoms with Gasteiger partial charge in [0.15, 0.2) is 16.7 Å². The molecule has 0 aliphatic rings. The van der Waals surface area contributed by atoms with Crippen molar-refractivity contribution in [2.75, 3.05) is 5.32 Å². The van der Waals surface area contributed by atoms with E-state index >= 15 is 0 Å². The topological polar surface area (TPSA) is 44.3 Å². The molecule has 0 radical (unpaired) electrons.